The predicted molar refractivity (Wildman–Crippen MR) is 58.2 cm³/mol. The van der Waals surface area contributed by atoms with Gasteiger partial charge in [0.1, 0.15) is 0 Å². The normalized spacial score (nSPS) is 41.1. The smallest absolute Gasteiger partial charge is 0.0622 e. The van der Waals surface area contributed by atoms with E-state index >= 15 is 0 Å². The molecule has 1 heterocycles. The number of piperidine rings is 1. The highest BCUT2D eigenvalue weighted by atomic mass is 16.3. The van der Waals surface area contributed by atoms with Crippen LogP contribution in [0, 0.1) is 11.8 Å². The molecule has 0 bridgehead atoms. The highest BCUT2D eigenvalue weighted by molar-refractivity contribution is 4.87. The summed E-state index contributed by atoms with van der Waals surface area (Å²) in [6.07, 6.45) is 7.26. The molecule has 2 nitrogen and oxygen atoms in total. The topological polar surface area (TPSA) is 32.3 Å². The van der Waals surface area contributed by atoms with Crippen molar-refractivity contribution in [1.82, 2.24) is 5.32 Å². The zero-order chi connectivity index (χ0) is 10.0. The van der Waals surface area contributed by atoms with Gasteiger partial charge in [-0.25, -0.2) is 0 Å². The van der Waals surface area contributed by atoms with Crippen molar-refractivity contribution >= 4 is 0 Å². The third-order valence-corrected chi connectivity index (χ3v) is 4.04. The van der Waals surface area contributed by atoms with Crippen LogP contribution in [0.15, 0.2) is 0 Å². The minimum atomic E-state index is -0.367. The fourth-order valence-electron chi connectivity index (χ4n) is 3.23. The molecular weight excluding hydrogens is 174 g/mol. The maximum absolute atomic E-state index is 10.1. The lowest BCUT2D eigenvalue weighted by molar-refractivity contribution is -0.0147. The van der Waals surface area contributed by atoms with Crippen LogP contribution >= 0.6 is 0 Å². The van der Waals surface area contributed by atoms with E-state index in [1.165, 1.54) is 38.8 Å². The van der Waals surface area contributed by atoms with E-state index in [0.717, 1.165) is 24.7 Å². The fourth-order valence-corrected chi connectivity index (χ4v) is 3.23. The van der Waals surface area contributed by atoms with Crippen LogP contribution in [-0.4, -0.2) is 23.8 Å². The van der Waals surface area contributed by atoms with E-state index in [2.05, 4.69) is 5.32 Å². The lowest BCUT2D eigenvalue weighted by Gasteiger charge is -2.39. The van der Waals surface area contributed by atoms with Gasteiger partial charge in [-0.2, -0.15) is 0 Å². The van der Waals surface area contributed by atoms with Crippen molar-refractivity contribution < 1.29 is 5.11 Å². The highest BCUT2D eigenvalue weighted by Gasteiger charge is 2.34. The molecule has 2 N–H and O–H groups in total. The maximum atomic E-state index is 10.1. The van der Waals surface area contributed by atoms with E-state index in [0.29, 0.717) is 0 Å². The Balaban J connectivity index is 1.89. The van der Waals surface area contributed by atoms with Crippen molar-refractivity contribution in [2.45, 2.75) is 51.0 Å². The molecule has 0 spiro atoms. The van der Waals surface area contributed by atoms with Crippen LogP contribution in [0.2, 0.25) is 0 Å². The van der Waals surface area contributed by atoms with Gasteiger partial charge in [0.05, 0.1) is 5.60 Å². The lowest BCUT2D eigenvalue weighted by Crippen LogP contribution is -2.38. The van der Waals surface area contributed by atoms with Gasteiger partial charge in [-0.15, -0.1) is 0 Å². The Morgan fingerprint density at radius 3 is 2.50 bits per heavy atom. The first kappa shape index (κ1) is 10.4. The summed E-state index contributed by atoms with van der Waals surface area (Å²) in [5.74, 6) is 1.67. The van der Waals surface area contributed by atoms with Gasteiger partial charge in [0, 0.05) is 0 Å². The van der Waals surface area contributed by atoms with E-state index < -0.39 is 0 Å². The average Bonchev–Trinajstić information content (AvgIpc) is 2.18. The van der Waals surface area contributed by atoms with Crippen LogP contribution in [0.25, 0.3) is 0 Å². The van der Waals surface area contributed by atoms with Crippen molar-refractivity contribution in [2.75, 3.05) is 13.1 Å². The largest absolute Gasteiger partial charge is 0.390 e. The van der Waals surface area contributed by atoms with Gasteiger partial charge in [0.15, 0.2) is 0 Å². The minimum absolute atomic E-state index is 0.367. The van der Waals surface area contributed by atoms with Gasteiger partial charge in [0.2, 0.25) is 0 Å². The summed E-state index contributed by atoms with van der Waals surface area (Å²) in [4.78, 5) is 0. The monoisotopic (exact) mass is 197 g/mol. The molecule has 14 heavy (non-hydrogen) atoms. The Morgan fingerprint density at radius 2 is 1.86 bits per heavy atom. The average molecular weight is 197 g/mol. The number of hydrogen-bond acceptors (Lipinski definition) is 2. The van der Waals surface area contributed by atoms with E-state index in [-0.39, 0.29) is 5.60 Å². The first-order valence-electron chi connectivity index (χ1n) is 6.10. The fraction of sp³-hybridized carbons (Fsp3) is 1.00. The van der Waals surface area contributed by atoms with E-state index in [1.807, 2.05) is 6.92 Å². The van der Waals surface area contributed by atoms with Crippen molar-refractivity contribution in [3.63, 3.8) is 0 Å². The molecule has 2 atom stereocenters. The molecule has 0 aromatic carbocycles. The van der Waals surface area contributed by atoms with Crippen LogP contribution in [0.5, 0.6) is 0 Å². The zero-order valence-corrected chi connectivity index (χ0v) is 9.26. The Bertz CT molecular complexity index is 185. The van der Waals surface area contributed by atoms with Gasteiger partial charge in [0.25, 0.3) is 0 Å². The zero-order valence-electron chi connectivity index (χ0n) is 9.26. The van der Waals surface area contributed by atoms with Crippen LogP contribution in [0.4, 0.5) is 0 Å². The second-order valence-electron chi connectivity index (χ2n) is 5.44. The van der Waals surface area contributed by atoms with Gasteiger partial charge in [-0.05, 0) is 64.0 Å². The molecule has 0 amide bonds. The summed E-state index contributed by atoms with van der Waals surface area (Å²) in [7, 11) is 0. The van der Waals surface area contributed by atoms with E-state index in [9.17, 15) is 5.11 Å². The molecule has 2 rings (SSSR count). The second-order valence-corrected chi connectivity index (χ2v) is 5.44. The molecule has 1 saturated carbocycles. The molecule has 1 aliphatic carbocycles. The lowest BCUT2D eigenvalue weighted by atomic mass is 9.71. The van der Waals surface area contributed by atoms with Crippen molar-refractivity contribution in [2.24, 2.45) is 11.8 Å². The van der Waals surface area contributed by atoms with Crippen LogP contribution < -0.4 is 5.32 Å². The first-order valence-corrected chi connectivity index (χ1v) is 6.10. The van der Waals surface area contributed by atoms with E-state index in [4.69, 9.17) is 0 Å². The molecule has 2 aliphatic rings. The standard InChI is InChI=1S/C12H23NO/c1-12(14)6-2-3-11(9-12)10-4-7-13-8-5-10/h10-11,13-14H,2-9H2,1H3. The minimum Gasteiger partial charge on any atom is -0.390 e. The van der Waals surface area contributed by atoms with Crippen molar-refractivity contribution in [3.8, 4) is 0 Å². The third-order valence-electron chi connectivity index (χ3n) is 4.04. The summed E-state index contributed by atoms with van der Waals surface area (Å²) in [6.45, 7) is 4.38. The van der Waals surface area contributed by atoms with Gasteiger partial charge >= 0.3 is 0 Å². The molecular formula is C12H23NO. The summed E-state index contributed by atoms with van der Waals surface area (Å²) >= 11 is 0. The summed E-state index contributed by atoms with van der Waals surface area (Å²) in [5.41, 5.74) is -0.367. The Hall–Kier alpha value is -0.0800. The third kappa shape index (κ3) is 2.48. The predicted octanol–water partition coefficient (Wildman–Crippen LogP) is 1.93. The van der Waals surface area contributed by atoms with E-state index in [1.54, 1.807) is 0 Å². The highest BCUT2D eigenvalue weighted by Crippen LogP contribution is 2.38. The van der Waals surface area contributed by atoms with Gasteiger partial charge < -0.3 is 10.4 Å². The Kier molecular flexibility index (Phi) is 3.13. The van der Waals surface area contributed by atoms with Crippen molar-refractivity contribution in [3.05, 3.63) is 0 Å². The number of hydrogen-bond donors (Lipinski definition) is 2. The molecule has 0 radical (unpaired) electrons. The molecule has 82 valence electrons. The summed E-state index contributed by atoms with van der Waals surface area (Å²) < 4.78 is 0. The molecule has 0 aromatic rings. The Labute approximate surface area is 87.1 Å². The Morgan fingerprint density at radius 1 is 1.14 bits per heavy atom. The number of nitrogens with one attached hydrogen (secondary N) is 1. The van der Waals surface area contributed by atoms with Crippen LogP contribution in [-0.2, 0) is 0 Å². The van der Waals surface area contributed by atoms with Crippen LogP contribution in [0.1, 0.15) is 45.4 Å². The van der Waals surface area contributed by atoms with Gasteiger partial charge in [-0.3, -0.25) is 0 Å². The SMILES string of the molecule is CC1(O)CCCC(C2CCNCC2)C1. The molecule has 1 saturated heterocycles. The molecule has 2 heteroatoms. The summed E-state index contributed by atoms with van der Waals surface area (Å²) in [6, 6.07) is 0. The quantitative estimate of drug-likeness (QED) is 0.673. The maximum Gasteiger partial charge on any atom is 0.0622 e. The molecule has 2 fully saturated rings. The molecule has 1 aliphatic heterocycles. The number of aliphatic hydroxyl groups is 1. The molecule has 2 unspecified atom stereocenters. The van der Waals surface area contributed by atoms with Gasteiger partial charge in [-0.1, -0.05) is 6.42 Å². The second kappa shape index (κ2) is 4.19. The van der Waals surface area contributed by atoms with Crippen LogP contribution in [0.3, 0.4) is 0 Å². The summed E-state index contributed by atoms with van der Waals surface area (Å²) in [5, 5.41) is 13.5. The molecule has 0 aromatic heterocycles. The number of rotatable bonds is 1. The first-order chi connectivity index (χ1) is 6.67. The van der Waals surface area contributed by atoms with Crippen molar-refractivity contribution in [1.29, 1.82) is 0 Å².